The third-order valence-electron chi connectivity index (χ3n) is 1.69. The summed E-state index contributed by atoms with van der Waals surface area (Å²) in [7, 11) is 0. The molecule has 0 saturated heterocycles. The van der Waals surface area contributed by atoms with Gasteiger partial charge in [-0.1, -0.05) is 6.92 Å². The monoisotopic (exact) mass is 190 g/mol. The van der Waals surface area contributed by atoms with E-state index in [0.717, 1.165) is 11.4 Å². The number of aromatic nitrogens is 2. The number of halogens is 1. The Morgan fingerprint density at radius 3 is 2.82 bits per heavy atom. The van der Waals surface area contributed by atoms with Crippen molar-refractivity contribution >= 4 is 23.1 Å². The minimum absolute atomic E-state index is 0.146. The molecule has 1 aromatic heterocycles. The van der Waals surface area contributed by atoms with Gasteiger partial charge in [-0.15, -0.1) is 11.6 Å². The molecular weight excluding hydrogens is 180 g/mol. The quantitative estimate of drug-likeness (QED) is 0.685. The Hall–Kier alpha value is -0.150. The standard InChI is InChI=1S/C7H11ClN2S/c1-3-6(5(2)8)7-9-4-10-11-7/h4-6H,3H2,1-2H3. The average Bonchev–Trinajstić information content (AvgIpc) is 2.40. The van der Waals surface area contributed by atoms with Gasteiger partial charge in [0.2, 0.25) is 0 Å². The maximum Gasteiger partial charge on any atom is 0.129 e. The van der Waals surface area contributed by atoms with Crippen LogP contribution < -0.4 is 0 Å². The van der Waals surface area contributed by atoms with Gasteiger partial charge < -0.3 is 0 Å². The molecule has 0 bridgehead atoms. The zero-order valence-corrected chi connectivity index (χ0v) is 8.19. The van der Waals surface area contributed by atoms with E-state index in [1.165, 1.54) is 11.5 Å². The molecule has 2 atom stereocenters. The van der Waals surface area contributed by atoms with Crippen LogP contribution in [-0.2, 0) is 0 Å². The number of hydrogen-bond acceptors (Lipinski definition) is 3. The van der Waals surface area contributed by atoms with Gasteiger partial charge >= 0.3 is 0 Å². The topological polar surface area (TPSA) is 25.8 Å². The first-order chi connectivity index (χ1) is 5.25. The highest BCUT2D eigenvalue weighted by Gasteiger charge is 2.17. The fraction of sp³-hybridized carbons (Fsp3) is 0.714. The summed E-state index contributed by atoms with van der Waals surface area (Å²) >= 11 is 7.41. The van der Waals surface area contributed by atoms with Crippen molar-refractivity contribution < 1.29 is 0 Å². The van der Waals surface area contributed by atoms with Crippen LogP contribution in [0.1, 0.15) is 31.2 Å². The van der Waals surface area contributed by atoms with Crippen LogP contribution in [0.25, 0.3) is 0 Å². The van der Waals surface area contributed by atoms with Gasteiger partial charge in [0.15, 0.2) is 0 Å². The molecular formula is C7H11ClN2S. The van der Waals surface area contributed by atoms with Gasteiger partial charge in [0.1, 0.15) is 11.3 Å². The van der Waals surface area contributed by atoms with E-state index in [2.05, 4.69) is 16.3 Å². The van der Waals surface area contributed by atoms with Crippen molar-refractivity contribution in [2.75, 3.05) is 0 Å². The normalized spacial score (nSPS) is 16.3. The minimum atomic E-state index is 0.146. The van der Waals surface area contributed by atoms with Crippen LogP contribution in [0.3, 0.4) is 0 Å². The van der Waals surface area contributed by atoms with E-state index >= 15 is 0 Å². The molecule has 1 heterocycles. The summed E-state index contributed by atoms with van der Waals surface area (Å²) in [5, 5.41) is 1.20. The van der Waals surface area contributed by atoms with Gasteiger partial charge in [0, 0.05) is 11.3 Å². The van der Waals surface area contributed by atoms with E-state index in [4.69, 9.17) is 11.6 Å². The first-order valence-corrected chi connectivity index (χ1v) is 4.87. The van der Waals surface area contributed by atoms with Crippen LogP contribution >= 0.6 is 23.1 Å². The van der Waals surface area contributed by atoms with Crippen molar-refractivity contribution in [3.8, 4) is 0 Å². The fourth-order valence-electron chi connectivity index (χ4n) is 1.04. The molecule has 4 heteroatoms. The lowest BCUT2D eigenvalue weighted by Gasteiger charge is -2.12. The predicted octanol–water partition coefficient (Wildman–Crippen LogP) is 2.66. The minimum Gasteiger partial charge on any atom is -0.228 e. The highest BCUT2D eigenvalue weighted by molar-refractivity contribution is 7.05. The molecule has 2 nitrogen and oxygen atoms in total. The van der Waals surface area contributed by atoms with Gasteiger partial charge in [0.25, 0.3) is 0 Å². The Labute approximate surface area is 75.8 Å². The highest BCUT2D eigenvalue weighted by atomic mass is 35.5. The van der Waals surface area contributed by atoms with Crippen molar-refractivity contribution in [1.82, 2.24) is 9.36 Å². The van der Waals surface area contributed by atoms with E-state index in [9.17, 15) is 0 Å². The molecule has 2 unspecified atom stereocenters. The first kappa shape index (κ1) is 8.94. The van der Waals surface area contributed by atoms with Crippen molar-refractivity contribution in [2.45, 2.75) is 31.6 Å². The van der Waals surface area contributed by atoms with Crippen molar-refractivity contribution in [1.29, 1.82) is 0 Å². The summed E-state index contributed by atoms with van der Waals surface area (Å²) in [5.41, 5.74) is 0. The zero-order chi connectivity index (χ0) is 8.27. The molecule has 0 radical (unpaired) electrons. The molecule has 11 heavy (non-hydrogen) atoms. The fourth-order valence-corrected chi connectivity index (χ4v) is 2.22. The lowest BCUT2D eigenvalue weighted by atomic mass is 10.0. The van der Waals surface area contributed by atoms with Gasteiger partial charge in [-0.05, 0) is 24.9 Å². The summed E-state index contributed by atoms with van der Waals surface area (Å²) in [6.45, 7) is 4.11. The second kappa shape index (κ2) is 4.02. The van der Waals surface area contributed by atoms with Crippen LogP contribution in [0.15, 0.2) is 6.33 Å². The number of hydrogen-bond donors (Lipinski definition) is 0. The molecule has 1 rings (SSSR count). The summed E-state index contributed by atoms with van der Waals surface area (Å²) in [6, 6.07) is 0. The second-order valence-corrected chi connectivity index (χ2v) is 3.97. The van der Waals surface area contributed by atoms with E-state index in [-0.39, 0.29) is 5.38 Å². The third-order valence-corrected chi connectivity index (χ3v) is 2.79. The van der Waals surface area contributed by atoms with Crippen LogP contribution in [0.4, 0.5) is 0 Å². The summed E-state index contributed by atoms with van der Waals surface area (Å²) in [6.07, 6.45) is 2.61. The third kappa shape index (κ3) is 2.14. The van der Waals surface area contributed by atoms with Crippen molar-refractivity contribution in [3.63, 3.8) is 0 Å². The molecule has 0 fully saturated rings. The largest absolute Gasteiger partial charge is 0.228 e. The predicted molar refractivity (Wildman–Crippen MR) is 48.3 cm³/mol. The Kier molecular flexibility index (Phi) is 3.27. The maximum absolute atomic E-state index is 5.97. The van der Waals surface area contributed by atoms with Crippen LogP contribution in [0, 0.1) is 0 Å². The van der Waals surface area contributed by atoms with Crippen LogP contribution in [0.5, 0.6) is 0 Å². The second-order valence-electron chi connectivity index (χ2n) is 2.47. The first-order valence-electron chi connectivity index (χ1n) is 3.66. The Balaban J connectivity index is 2.71. The average molecular weight is 191 g/mol. The number of rotatable bonds is 3. The zero-order valence-electron chi connectivity index (χ0n) is 6.62. The van der Waals surface area contributed by atoms with E-state index < -0.39 is 0 Å². The summed E-state index contributed by atoms with van der Waals surface area (Å²) < 4.78 is 3.95. The van der Waals surface area contributed by atoms with E-state index in [1.807, 2.05) is 6.92 Å². The molecule has 0 saturated carbocycles. The molecule has 0 aliphatic rings. The SMILES string of the molecule is CCC(c1ncns1)C(C)Cl. The van der Waals surface area contributed by atoms with Gasteiger partial charge in [-0.2, -0.15) is 4.37 Å². The Morgan fingerprint density at radius 1 is 1.73 bits per heavy atom. The maximum atomic E-state index is 5.97. The molecule has 0 aromatic carbocycles. The number of nitrogens with zero attached hydrogens (tertiary/aromatic N) is 2. The molecule has 0 aliphatic heterocycles. The van der Waals surface area contributed by atoms with Crippen molar-refractivity contribution in [2.24, 2.45) is 0 Å². The highest BCUT2D eigenvalue weighted by Crippen LogP contribution is 2.26. The molecule has 0 spiro atoms. The number of alkyl halides is 1. The van der Waals surface area contributed by atoms with E-state index in [1.54, 1.807) is 6.33 Å². The molecule has 0 N–H and O–H groups in total. The molecule has 62 valence electrons. The lowest BCUT2D eigenvalue weighted by molar-refractivity contribution is 0.645. The van der Waals surface area contributed by atoms with E-state index in [0.29, 0.717) is 5.92 Å². The van der Waals surface area contributed by atoms with Gasteiger partial charge in [-0.3, -0.25) is 0 Å². The van der Waals surface area contributed by atoms with Crippen LogP contribution in [0.2, 0.25) is 0 Å². The molecule has 0 aliphatic carbocycles. The van der Waals surface area contributed by atoms with Gasteiger partial charge in [-0.25, -0.2) is 4.98 Å². The molecule has 0 amide bonds. The van der Waals surface area contributed by atoms with Gasteiger partial charge in [0.05, 0.1) is 0 Å². The van der Waals surface area contributed by atoms with Crippen LogP contribution in [-0.4, -0.2) is 14.7 Å². The molecule has 1 aromatic rings. The summed E-state index contributed by atoms with van der Waals surface area (Å²) in [5.74, 6) is 0.365. The van der Waals surface area contributed by atoms with Crippen molar-refractivity contribution in [3.05, 3.63) is 11.3 Å². The lowest BCUT2D eigenvalue weighted by Crippen LogP contribution is -2.07. The Bertz CT molecular complexity index is 198. The summed E-state index contributed by atoms with van der Waals surface area (Å²) in [4.78, 5) is 4.13. The smallest absolute Gasteiger partial charge is 0.129 e. The Morgan fingerprint density at radius 2 is 2.45 bits per heavy atom.